The van der Waals surface area contributed by atoms with Crippen molar-refractivity contribution in [2.24, 2.45) is 11.8 Å². The Hall–Kier alpha value is -2.08. The number of carbonyl (C=O) groups is 1. The maximum atomic E-state index is 12.7. The number of aryl methyl sites for hydroxylation is 1. The van der Waals surface area contributed by atoms with Crippen molar-refractivity contribution >= 4 is 5.97 Å². The van der Waals surface area contributed by atoms with Crippen LogP contribution in [0.15, 0.2) is 36.4 Å². The smallest absolute Gasteiger partial charge is 0.309 e. The Balaban J connectivity index is 1.38. The zero-order chi connectivity index (χ0) is 21.9. The molecular weight excluding hydrogens is 382 g/mol. The molecule has 0 spiro atoms. The van der Waals surface area contributed by atoms with Gasteiger partial charge in [0.05, 0.1) is 12.0 Å². The number of hydrogen-bond donors (Lipinski definition) is 0. The summed E-state index contributed by atoms with van der Waals surface area (Å²) in [6.07, 6.45) is 18.0. The Morgan fingerprint density at radius 1 is 1.00 bits per heavy atom. The van der Waals surface area contributed by atoms with Crippen LogP contribution in [0.4, 0.5) is 0 Å². The summed E-state index contributed by atoms with van der Waals surface area (Å²) in [7, 11) is 0. The molecule has 3 nitrogen and oxygen atoms in total. The largest absolute Gasteiger partial charge is 0.462 e. The molecule has 0 aromatic heterocycles. The quantitative estimate of drug-likeness (QED) is 0.239. The van der Waals surface area contributed by atoms with Gasteiger partial charge in [-0.2, -0.15) is 5.26 Å². The van der Waals surface area contributed by atoms with Crippen LogP contribution in [0.3, 0.4) is 0 Å². The number of ether oxygens (including phenoxy) is 1. The molecule has 0 bridgehead atoms. The summed E-state index contributed by atoms with van der Waals surface area (Å²) in [6, 6.07) is 11.3. The highest BCUT2D eigenvalue weighted by Crippen LogP contribution is 2.37. The van der Waals surface area contributed by atoms with E-state index in [4.69, 9.17) is 10.00 Å². The van der Waals surface area contributed by atoms with Crippen LogP contribution in [0.2, 0.25) is 0 Å². The molecule has 0 radical (unpaired) electrons. The Kier molecular flexibility index (Phi) is 9.66. The molecule has 2 fully saturated rings. The van der Waals surface area contributed by atoms with E-state index >= 15 is 0 Å². The van der Waals surface area contributed by atoms with Gasteiger partial charge in [0.1, 0.15) is 6.10 Å². The van der Waals surface area contributed by atoms with Crippen LogP contribution in [0.1, 0.15) is 101 Å². The fraction of sp³-hybridized carbons (Fsp3) is 0.643. The Labute approximate surface area is 188 Å². The molecule has 0 amide bonds. The maximum Gasteiger partial charge on any atom is 0.309 e. The second-order valence-corrected chi connectivity index (χ2v) is 9.56. The molecule has 0 atom stereocenters. The number of carbonyl (C=O) groups excluding carboxylic acids is 1. The minimum Gasteiger partial charge on any atom is -0.462 e. The SMILES string of the molecule is CCCCCCc1ccc([C@H]2CC[C@H](C(=O)OC3CCC(/C=C/C#N)CC3)CC2)cc1. The predicted octanol–water partition coefficient (Wildman–Crippen LogP) is 7.26. The highest BCUT2D eigenvalue weighted by molar-refractivity contribution is 5.72. The van der Waals surface area contributed by atoms with Crippen molar-refractivity contribution < 1.29 is 9.53 Å². The van der Waals surface area contributed by atoms with Gasteiger partial charge < -0.3 is 4.74 Å². The first-order valence-electron chi connectivity index (χ1n) is 12.5. The summed E-state index contributed by atoms with van der Waals surface area (Å²) in [5.74, 6) is 1.15. The summed E-state index contributed by atoms with van der Waals surface area (Å²) in [6.45, 7) is 2.26. The lowest BCUT2D eigenvalue weighted by atomic mass is 9.78. The summed E-state index contributed by atoms with van der Waals surface area (Å²) in [5.41, 5.74) is 2.89. The monoisotopic (exact) mass is 421 g/mol. The molecule has 2 aliphatic rings. The molecule has 2 saturated carbocycles. The number of unbranched alkanes of at least 4 members (excludes halogenated alkanes) is 3. The lowest BCUT2D eigenvalue weighted by molar-refractivity contribution is -0.157. The van der Waals surface area contributed by atoms with E-state index < -0.39 is 0 Å². The van der Waals surface area contributed by atoms with E-state index in [-0.39, 0.29) is 18.0 Å². The van der Waals surface area contributed by atoms with E-state index in [1.54, 1.807) is 6.08 Å². The number of rotatable bonds is 9. The van der Waals surface area contributed by atoms with Gasteiger partial charge >= 0.3 is 5.97 Å². The minimum atomic E-state index is 0.0249. The summed E-state index contributed by atoms with van der Waals surface area (Å²) >= 11 is 0. The number of hydrogen-bond acceptors (Lipinski definition) is 3. The van der Waals surface area contributed by atoms with Gasteiger partial charge in [-0.3, -0.25) is 4.79 Å². The second kappa shape index (κ2) is 12.7. The highest BCUT2D eigenvalue weighted by Gasteiger charge is 2.30. The third-order valence-electron chi connectivity index (χ3n) is 7.28. The van der Waals surface area contributed by atoms with Gasteiger partial charge in [0.15, 0.2) is 0 Å². The molecule has 2 aliphatic carbocycles. The zero-order valence-electron chi connectivity index (χ0n) is 19.2. The molecule has 0 aliphatic heterocycles. The van der Waals surface area contributed by atoms with E-state index in [0.717, 1.165) is 51.4 Å². The molecule has 3 rings (SSSR count). The Morgan fingerprint density at radius 2 is 1.71 bits per heavy atom. The van der Waals surface area contributed by atoms with Crippen LogP contribution in [-0.4, -0.2) is 12.1 Å². The van der Waals surface area contributed by atoms with Crippen molar-refractivity contribution in [1.82, 2.24) is 0 Å². The number of nitriles is 1. The summed E-state index contributed by atoms with van der Waals surface area (Å²) in [5, 5.41) is 8.66. The second-order valence-electron chi connectivity index (χ2n) is 9.56. The van der Waals surface area contributed by atoms with Gasteiger partial charge in [-0.15, -0.1) is 0 Å². The molecule has 0 saturated heterocycles. The molecule has 3 heteroatoms. The van der Waals surface area contributed by atoms with Crippen molar-refractivity contribution in [3.8, 4) is 6.07 Å². The number of nitrogens with zero attached hydrogens (tertiary/aromatic N) is 1. The topological polar surface area (TPSA) is 50.1 Å². The molecule has 0 N–H and O–H groups in total. The lowest BCUT2D eigenvalue weighted by Crippen LogP contribution is -2.29. The van der Waals surface area contributed by atoms with Crippen molar-refractivity contribution in [2.75, 3.05) is 0 Å². The van der Waals surface area contributed by atoms with E-state index in [1.165, 1.54) is 43.2 Å². The highest BCUT2D eigenvalue weighted by atomic mass is 16.5. The van der Waals surface area contributed by atoms with Crippen LogP contribution in [0.5, 0.6) is 0 Å². The fourth-order valence-electron chi connectivity index (χ4n) is 5.21. The third kappa shape index (κ3) is 7.53. The van der Waals surface area contributed by atoms with Gasteiger partial charge in [0, 0.05) is 6.08 Å². The van der Waals surface area contributed by atoms with Crippen LogP contribution in [0.25, 0.3) is 0 Å². The van der Waals surface area contributed by atoms with Crippen molar-refractivity contribution in [1.29, 1.82) is 5.26 Å². The van der Waals surface area contributed by atoms with Crippen LogP contribution in [-0.2, 0) is 16.0 Å². The van der Waals surface area contributed by atoms with Crippen molar-refractivity contribution in [3.05, 3.63) is 47.5 Å². The summed E-state index contributed by atoms with van der Waals surface area (Å²) < 4.78 is 5.87. The molecule has 168 valence electrons. The van der Waals surface area contributed by atoms with Gasteiger partial charge in [-0.1, -0.05) is 56.5 Å². The Bertz CT molecular complexity index is 729. The van der Waals surface area contributed by atoms with Gasteiger partial charge in [0.2, 0.25) is 0 Å². The third-order valence-corrected chi connectivity index (χ3v) is 7.28. The molecule has 0 heterocycles. The number of benzene rings is 1. The molecule has 0 unspecified atom stereocenters. The average Bonchev–Trinajstić information content (AvgIpc) is 2.82. The molecular formula is C28H39NO2. The molecule has 1 aromatic carbocycles. The fourth-order valence-corrected chi connectivity index (χ4v) is 5.21. The zero-order valence-corrected chi connectivity index (χ0v) is 19.2. The van der Waals surface area contributed by atoms with E-state index in [1.807, 2.05) is 6.08 Å². The Morgan fingerprint density at radius 3 is 2.35 bits per heavy atom. The van der Waals surface area contributed by atoms with Gasteiger partial charge in [0.25, 0.3) is 0 Å². The van der Waals surface area contributed by atoms with Crippen LogP contribution < -0.4 is 0 Å². The minimum absolute atomic E-state index is 0.0249. The maximum absolute atomic E-state index is 12.7. The predicted molar refractivity (Wildman–Crippen MR) is 126 cm³/mol. The van der Waals surface area contributed by atoms with E-state index in [0.29, 0.717) is 11.8 Å². The van der Waals surface area contributed by atoms with Crippen molar-refractivity contribution in [2.45, 2.75) is 102 Å². The first kappa shape index (κ1) is 23.6. The van der Waals surface area contributed by atoms with Gasteiger partial charge in [-0.25, -0.2) is 0 Å². The lowest BCUT2D eigenvalue weighted by Gasteiger charge is -2.31. The first-order chi connectivity index (χ1) is 15.2. The standard InChI is InChI=1S/C28H39NO2/c1-2-3-4-5-7-22-9-13-24(14-10-22)25-15-17-26(18-16-25)28(30)31-27-19-11-23(12-20-27)8-6-21-29/h6,8-10,13-14,23,25-27H,2-5,7,11-12,15-20H2,1H3/b8-6+/t23?,25-,26-,27?. The van der Waals surface area contributed by atoms with E-state index in [2.05, 4.69) is 37.3 Å². The molecule has 1 aromatic rings. The van der Waals surface area contributed by atoms with Crippen LogP contribution in [0, 0.1) is 23.2 Å². The number of esters is 1. The average molecular weight is 422 g/mol. The number of allylic oxidation sites excluding steroid dienone is 2. The summed E-state index contributed by atoms with van der Waals surface area (Å²) in [4.78, 5) is 12.7. The van der Waals surface area contributed by atoms with Crippen LogP contribution >= 0.6 is 0 Å². The van der Waals surface area contributed by atoms with E-state index in [9.17, 15) is 4.79 Å². The van der Waals surface area contributed by atoms with Gasteiger partial charge in [-0.05, 0) is 87.2 Å². The molecule has 31 heavy (non-hydrogen) atoms. The van der Waals surface area contributed by atoms with Crippen molar-refractivity contribution in [3.63, 3.8) is 0 Å². The first-order valence-corrected chi connectivity index (χ1v) is 12.5. The normalized spacial score (nSPS) is 26.5.